The van der Waals surface area contributed by atoms with Crippen LogP contribution in [0.5, 0.6) is 0 Å². The zero-order valence-electron chi connectivity index (χ0n) is 12.9. The molecule has 0 spiro atoms. The molecule has 0 aromatic heterocycles. The summed E-state index contributed by atoms with van der Waals surface area (Å²) < 4.78 is 0. The van der Waals surface area contributed by atoms with Crippen LogP contribution in [-0.4, -0.2) is 48.1 Å². The lowest BCUT2D eigenvalue weighted by Crippen LogP contribution is -2.56. The first-order valence-corrected chi connectivity index (χ1v) is 7.64. The van der Waals surface area contributed by atoms with Gasteiger partial charge >= 0.3 is 0 Å². The molecule has 2 heteroatoms. The number of hydrogen-bond acceptors (Lipinski definition) is 2. The first kappa shape index (κ1) is 15.7. The molecule has 2 unspecified atom stereocenters. The highest BCUT2D eigenvalue weighted by Crippen LogP contribution is 2.29. The summed E-state index contributed by atoms with van der Waals surface area (Å²) in [5.41, 5.74) is 0.377. The zero-order chi connectivity index (χ0) is 13.6. The second kappa shape index (κ2) is 7.30. The molecule has 1 heterocycles. The van der Waals surface area contributed by atoms with Crippen molar-refractivity contribution in [3.63, 3.8) is 0 Å². The minimum Gasteiger partial charge on any atom is -0.301 e. The highest BCUT2D eigenvalue weighted by atomic mass is 15.3. The molecule has 2 nitrogen and oxygen atoms in total. The van der Waals surface area contributed by atoms with E-state index < -0.39 is 0 Å². The van der Waals surface area contributed by atoms with Crippen molar-refractivity contribution in [1.82, 2.24) is 9.80 Å². The molecule has 0 aromatic carbocycles. The van der Waals surface area contributed by atoms with Gasteiger partial charge in [-0.3, -0.25) is 4.90 Å². The molecule has 0 radical (unpaired) electrons. The Morgan fingerprint density at radius 2 is 1.83 bits per heavy atom. The molecule has 0 saturated carbocycles. The number of allylic oxidation sites excluding steroid dienone is 1. The fraction of sp³-hybridized carbons (Fsp3) is 0.875. The SMILES string of the molecule is C=CCC(C)CC(C)(CC)N1CCN(CC)CC1. The minimum absolute atomic E-state index is 0.377. The van der Waals surface area contributed by atoms with Gasteiger partial charge in [-0.25, -0.2) is 0 Å². The van der Waals surface area contributed by atoms with Crippen LogP contribution in [0.3, 0.4) is 0 Å². The predicted molar refractivity (Wildman–Crippen MR) is 81.0 cm³/mol. The topological polar surface area (TPSA) is 6.48 Å². The van der Waals surface area contributed by atoms with Gasteiger partial charge in [-0.15, -0.1) is 6.58 Å². The van der Waals surface area contributed by atoms with Crippen LogP contribution < -0.4 is 0 Å². The van der Waals surface area contributed by atoms with E-state index in [1.807, 2.05) is 0 Å². The molecular weight excluding hydrogens is 220 g/mol. The molecule has 0 bridgehead atoms. The Bertz CT molecular complexity index is 243. The fourth-order valence-corrected chi connectivity index (χ4v) is 3.22. The average Bonchev–Trinajstić information content (AvgIpc) is 2.39. The lowest BCUT2D eigenvalue weighted by Gasteiger charge is -2.46. The Morgan fingerprint density at radius 1 is 1.22 bits per heavy atom. The minimum atomic E-state index is 0.377. The van der Waals surface area contributed by atoms with Gasteiger partial charge in [0.05, 0.1) is 0 Å². The van der Waals surface area contributed by atoms with E-state index in [4.69, 9.17) is 0 Å². The van der Waals surface area contributed by atoms with Crippen molar-refractivity contribution in [2.24, 2.45) is 5.92 Å². The molecule has 2 atom stereocenters. The highest BCUT2D eigenvalue weighted by molar-refractivity contribution is 4.90. The van der Waals surface area contributed by atoms with Gasteiger partial charge in [0.15, 0.2) is 0 Å². The van der Waals surface area contributed by atoms with E-state index in [0.29, 0.717) is 5.54 Å². The van der Waals surface area contributed by atoms with Crippen molar-refractivity contribution in [3.8, 4) is 0 Å². The molecule has 1 aliphatic rings. The summed E-state index contributed by atoms with van der Waals surface area (Å²) in [5.74, 6) is 0.747. The fourth-order valence-electron chi connectivity index (χ4n) is 3.22. The maximum absolute atomic E-state index is 3.87. The molecule has 18 heavy (non-hydrogen) atoms. The van der Waals surface area contributed by atoms with Crippen LogP contribution in [0.4, 0.5) is 0 Å². The normalized spacial score (nSPS) is 23.6. The van der Waals surface area contributed by atoms with E-state index in [-0.39, 0.29) is 0 Å². The van der Waals surface area contributed by atoms with Crippen LogP contribution in [-0.2, 0) is 0 Å². The van der Waals surface area contributed by atoms with E-state index in [1.54, 1.807) is 0 Å². The lowest BCUT2D eigenvalue weighted by atomic mass is 9.84. The smallest absolute Gasteiger partial charge is 0.0182 e. The van der Waals surface area contributed by atoms with Gasteiger partial charge in [0.1, 0.15) is 0 Å². The zero-order valence-corrected chi connectivity index (χ0v) is 12.9. The van der Waals surface area contributed by atoms with Crippen molar-refractivity contribution >= 4 is 0 Å². The number of rotatable bonds is 7. The van der Waals surface area contributed by atoms with E-state index in [9.17, 15) is 0 Å². The summed E-state index contributed by atoms with van der Waals surface area (Å²) in [6.45, 7) is 19.4. The van der Waals surface area contributed by atoms with Gasteiger partial charge in [0, 0.05) is 31.7 Å². The summed E-state index contributed by atoms with van der Waals surface area (Å²) in [4.78, 5) is 5.28. The van der Waals surface area contributed by atoms with Crippen LogP contribution in [0, 0.1) is 5.92 Å². The van der Waals surface area contributed by atoms with Gasteiger partial charge in [-0.2, -0.15) is 0 Å². The molecule has 1 rings (SSSR count). The summed E-state index contributed by atoms with van der Waals surface area (Å²) in [5, 5.41) is 0. The standard InChI is InChI=1S/C16H32N2/c1-6-9-15(4)14-16(5,7-2)18-12-10-17(8-3)11-13-18/h6,15H,1,7-14H2,2-5H3. The third-order valence-electron chi connectivity index (χ3n) is 4.70. The van der Waals surface area contributed by atoms with Crippen molar-refractivity contribution in [2.45, 2.75) is 52.5 Å². The molecule has 106 valence electrons. The van der Waals surface area contributed by atoms with Crippen molar-refractivity contribution in [2.75, 3.05) is 32.7 Å². The second-order valence-corrected chi connectivity index (χ2v) is 6.11. The molecule has 0 amide bonds. The van der Waals surface area contributed by atoms with Crippen molar-refractivity contribution in [1.29, 1.82) is 0 Å². The number of hydrogen-bond donors (Lipinski definition) is 0. The Kier molecular flexibility index (Phi) is 6.37. The molecule has 0 N–H and O–H groups in total. The molecule has 1 saturated heterocycles. The molecule has 0 aliphatic carbocycles. The van der Waals surface area contributed by atoms with E-state index in [1.165, 1.54) is 45.6 Å². The number of piperazine rings is 1. The largest absolute Gasteiger partial charge is 0.301 e. The molecule has 1 fully saturated rings. The summed E-state index contributed by atoms with van der Waals surface area (Å²) >= 11 is 0. The van der Waals surface area contributed by atoms with Gasteiger partial charge in [-0.05, 0) is 38.6 Å². The average molecular weight is 252 g/mol. The van der Waals surface area contributed by atoms with E-state index in [0.717, 1.165) is 12.3 Å². The predicted octanol–water partition coefficient (Wildman–Crippen LogP) is 3.39. The quantitative estimate of drug-likeness (QED) is 0.641. The lowest BCUT2D eigenvalue weighted by molar-refractivity contribution is 0.0272. The van der Waals surface area contributed by atoms with Crippen LogP contribution in [0.15, 0.2) is 12.7 Å². The Labute approximate surface area is 114 Å². The summed E-state index contributed by atoms with van der Waals surface area (Å²) in [6.07, 6.45) is 5.75. The number of nitrogens with zero attached hydrogens (tertiary/aromatic N) is 2. The number of likely N-dealkylation sites (N-methyl/N-ethyl adjacent to an activating group) is 1. The van der Waals surface area contributed by atoms with Gasteiger partial charge in [0.2, 0.25) is 0 Å². The monoisotopic (exact) mass is 252 g/mol. The molecular formula is C16H32N2. The summed E-state index contributed by atoms with van der Waals surface area (Å²) in [7, 11) is 0. The van der Waals surface area contributed by atoms with Crippen LogP contribution in [0.2, 0.25) is 0 Å². The Balaban J connectivity index is 2.55. The first-order valence-electron chi connectivity index (χ1n) is 7.64. The third kappa shape index (κ3) is 4.10. The van der Waals surface area contributed by atoms with Crippen LogP contribution >= 0.6 is 0 Å². The third-order valence-corrected chi connectivity index (χ3v) is 4.70. The van der Waals surface area contributed by atoms with Gasteiger partial charge in [0.25, 0.3) is 0 Å². The van der Waals surface area contributed by atoms with E-state index >= 15 is 0 Å². The Hall–Kier alpha value is -0.340. The maximum atomic E-state index is 3.87. The molecule has 0 aromatic rings. The van der Waals surface area contributed by atoms with Crippen molar-refractivity contribution < 1.29 is 0 Å². The highest BCUT2D eigenvalue weighted by Gasteiger charge is 2.33. The Morgan fingerprint density at radius 3 is 2.28 bits per heavy atom. The molecule has 1 aliphatic heterocycles. The first-order chi connectivity index (χ1) is 8.55. The van der Waals surface area contributed by atoms with Crippen LogP contribution in [0.25, 0.3) is 0 Å². The van der Waals surface area contributed by atoms with Gasteiger partial charge in [-0.1, -0.05) is 26.8 Å². The maximum Gasteiger partial charge on any atom is 0.0182 e. The van der Waals surface area contributed by atoms with Gasteiger partial charge < -0.3 is 4.90 Å². The van der Waals surface area contributed by atoms with Crippen molar-refractivity contribution in [3.05, 3.63) is 12.7 Å². The van der Waals surface area contributed by atoms with E-state index in [2.05, 4.69) is 50.1 Å². The van der Waals surface area contributed by atoms with Crippen LogP contribution in [0.1, 0.15) is 47.0 Å². The second-order valence-electron chi connectivity index (χ2n) is 6.11. The summed E-state index contributed by atoms with van der Waals surface area (Å²) in [6, 6.07) is 0.